The third-order valence-electron chi connectivity index (χ3n) is 6.23. The molecule has 1 fully saturated rings. The first-order valence-electron chi connectivity index (χ1n) is 12.4. The van der Waals surface area contributed by atoms with Gasteiger partial charge in [0.15, 0.2) is 0 Å². The summed E-state index contributed by atoms with van der Waals surface area (Å²) in [4.78, 5) is 27.2. The predicted octanol–water partition coefficient (Wildman–Crippen LogP) is 3.16. The first-order chi connectivity index (χ1) is 18.0. The molecule has 1 amide bonds. The van der Waals surface area contributed by atoms with Crippen molar-refractivity contribution in [3.8, 4) is 17.1 Å². The van der Waals surface area contributed by atoms with Crippen molar-refractivity contribution in [3.05, 3.63) is 47.6 Å². The van der Waals surface area contributed by atoms with Crippen LogP contribution in [0, 0.1) is 17.6 Å². The van der Waals surface area contributed by atoms with Gasteiger partial charge in [-0.25, -0.2) is 18.7 Å². The Kier molecular flexibility index (Phi) is 8.94. The molecule has 10 nitrogen and oxygen atoms in total. The number of aryl methyl sites for hydroxylation is 1. The van der Waals surface area contributed by atoms with Gasteiger partial charge in [0.1, 0.15) is 22.9 Å². The van der Waals surface area contributed by atoms with Crippen molar-refractivity contribution >= 4 is 11.9 Å². The van der Waals surface area contributed by atoms with Crippen molar-refractivity contribution in [3.63, 3.8) is 0 Å². The smallest absolute Gasteiger partial charge is 0.257 e. The van der Waals surface area contributed by atoms with E-state index in [9.17, 15) is 13.6 Å². The summed E-state index contributed by atoms with van der Waals surface area (Å²) in [6.07, 6.45) is 7.71. The molecule has 0 radical (unpaired) electrons. The van der Waals surface area contributed by atoms with Crippen LogP contribution in [0.4, 0.5) is 14.7 Å². The molecule has 1 aliphatic rings. The lowest BCUT2D eigenvalue weighted by atomic mass is 9.92. The number of aromatic nitrogens is 4. The number of benzene rings is 1. The van der Waals surface area contributed by atoms with Crippen LogP contribution in [0.1, 0.15) is 48.9 Å². The third-order valence-corrected chi connectivity index (χ3v) is 6.23. The van der Waals surface area contributed by atoms with Gasteiger partial charge in [0.05, 0.1) is 18.8 Å². The van der Waals surface area contributed by atoms with Crippen LogP contribution in [0.15, 0.2) is 29.0 Å². The van der Waals surface area contributed by atoms with Gasteiger partial charge in [0.25, 0.3) is 5.91 Å². The Morgan fingerprint density at radius 2 is 1.92 bits per heavy atom. The normalized spacial score (nSPS) is 14.1. The number of ether oxygens (including phenoxy) is 1. The van der Waals surface area contributed by atoms with Gasteiger partial charge in [-0.15, -0.1) is 0 Å². The number of aliphatic hydroxyl groups is 1. The molecule has 2 N–H and O–H groups in total. The van der Waals surface area contributed by atoms with E-state index in [4.69, 9.17) is 14.4 Å². The van der Waals surface area contributed by atoms with E-state index in [2.05, 4.69) is 30.3 Å². The number of halogens is 2. The van der Waals surface area contributed by atoms with E-state index in [1.165, 1.54) is 0 Å². The fourth-order valence-electron chi connectivity index (χ4n) is 4.21. The highest BCUT2D eigenvalue weighted by molar-refractivity contribution is 5.94. The molecule has 0 aliphatic carbocycles. The minimum Gasteiger partial charge on any atom is -0.493 e. The second-order valence-electron chi connectivity index (χ2n) is 8.80. The van der Waals surface area contributed by atoms with Gasteiger partial charge in [0, 0.05) is 50.6 Å². The SMILES string of the molecule is CCc1nc(-c2cnc(N3CCC(CCCOc4cc(F)c(C(=O)NCCO)c(F)c4)CC3)nc2)no1. The number of piperidine rings is 1. The molecule has 3 heterocycles. The van der Waals surface area contributed by atoms with E-state index in [1.807, 2.05) is 6.92 Å². The quantitative estimate of drug-likeness (QED) is 0.370. The summed E-state index contributed by atoms with van der Waals surface area (Å²) in [5, 5.41) is 14.9. The van der Waals surface area contributed by atoms with Crippen LogP contribution in [0.25, 0.3) is 11.4 Å². The van der Waals surface area contributed by atoms with Crippen molar-refractivity contribution in [2.24, 2.45) is 5.92 Å². The molecular formula is C25H30F2N6O4. The molecule has 1 aromatic carbocycles. The standard InChI is InChI=1S/C25H30F2N6O4/c1-2-21-31-23(32-37-21)17-14-29-25(30-15-17)33-8-5-16(6-9-33)4-3-11-36-18-12-19(26)22(20(27)13-18)24(35)28-7-10-34/h12-16,34H,2-11H2,1H3,(H,28,35). The van der Waals surface area contributed by atoms with E-state index in [-0.39, 0.29) is 18.9 Å². The largest absolute Gasteiger partial charge is 0.493 e. The Morgan fingerprint density at radius 1 is 1.22 bits per heavy atom. The number of hydrogen-bond donors (Lipinski definition) is 2. The summed E-state index contributed by atoms with van der Waals surface area (Å²) in [5.74, 6) is -0.652. The molecule has 0 spiro atoms. The number of aliphatic hydroxyl groups excluding tert-OH is 1. The first kappa shape index (κ1) is 26.4. The van der Waals surface area contributed by atoms with Gasteiger partial charge in [-0.2, -0.15) is 4.98 Å². The highest BCUT2D eigenvalue weighted by atomic mass is 19.1. The Balaban J connectivity index is 1.19. The molecule has 0 bridgehead atoms. The molecule has 2 aromatic heterocycles. The summed E-state index contributed by atoms with van der Waals surface area (Å²) in [5.41, 5.74) is 0.0214. The number of nitrogens with zero attached hydrogens (tertiary/aromatic N) is 5. The van der Waals surface area contributed by atoms with Gasteiger partial charge < -0.3 is 24.6 Å². The summed E-state index contributed by atoms with van der Waals surface area (Å²) in [6, 6.07) is 2.00. The first-order valence-corrected chi connectivity index (χ1v) is 12.4. The van der Waals surface area contributed by atoms with Crippen LogP contribution in [-0.4, -0.2) is 64.0 Å². The molecule has 0 unspecified atom stereocenters. The highest BCUT2D eigenvalue weighted by Crippen LogP contribution is 2.26. The third kappa shape index (κ3) is 6.76. The second-order valence-corrected chi connectivity index (χ2v) is 8.80. The maximum absolute atomic E-state index is 14.2. The van der Waals surface area contributed by atoms with Crippen LogP contribution in [0.5, 0.6) is 5.75 Å². The Labute approximate surface area is 213 Å². The van der Waals surface area contributed by atoms with E-state index >= 15 is 0 Å². The summed E-state index contributed by atoms with van der Waals surface area (Å²) >= 11 is 0. The van der Waals surface area contributed by atoms with E-state index in [0.717, 1.165) is 50.9 Å². The molecule has 37 heavy (non-hydrogen) atoms. The number of anilines is 1. The zero-order valence-electron chi connectivity index (χ0n) is 20.6. The fourth-order valence-corrected chi connectivity index (χ4v) is 4.21. The summed E-state index contributed by atoms with van der Waals surface area (Å²) in [6.45, 7) is 3.52. The van der Waals surface area contributed by atoms with E-state index in [0.29, 0.717) is 42.2 Å². The van der Waals surface area contributed by atoms with Gasteiger partial charge in [-0.3, -0.25) is 4.79 Å². The van der Waals surface area contributed by atoms with Crippen molar-refractivity contribution < 1.29 is 27.9 Å². The Bertz CT molecular complexity index is 1160. The maximum Gasteiger partial charge on any atom is 0.257 e. The van der Waals surface area contributed by atoms with Crippen LogP contribution in [0.3, 0.4) is 0 Å². The van der Waals surface area contributed by atoms with Crippen LogP contribution in [0.2, 0.25) is 0 Å². The van der Waals surface area contributed by atoms with E-state index < -0.39 is 23.1 Å². The summed E-state index contributed by atoms with van der Waals surface area (Å²) in [7, 11) is 0. The zero-order chi connectivity index (χ0) is 26.2. The van der Waals surface area contributed by atoms with Gasteiger partial charge in [-0.1, -0.05) is 12.1 Å². The molecule has 4 rings (SSSR count). The molecule has 0 saturated carbocycles. The van der Waals surface area contributed by atoms with Gasteiger partial charge >= 0.3 is 0 Å². The molecule has 12 heteroatoms. The van der Waals surface area contributed by atoms with Crippen LogP contribution in [-0.2, 0) is 6.42 Å². The highest BCUT2D eigenvalue weighted by Gasteiger charge is 2.22. The minimum atomic E-state index is -1.00. The lowest BCUT2D eigenvalue weighted by Gasteiger charge is -2.32. The zero-order valence-corrected chi connectivity index (χ0v) is 20.6. The lowest BCUT2D eigenvalue weighted by molar-refractivity contribution is 0.0936. The van der Waals surface area contributed by atoms with Gasteiger partial charge in [0.2, 0.25) is 17.7 Å². The Morgan fingerprint density at radius 3 is 2.54 bits per heavy atom. The predicted molar refractivity (Wildman–Crippen MR) is 130 cm³/mol. The molecule has 3 aromatic rings. The van der Waals surface area contributed by atoms with Crippen LogP contribution < -0.4 is 15.0 Å². The average Bonchev–Trinajstić information content (AvgIpc) is 3.39. The van der Waals surface area contributed by atoms with Crippen molar-refractivity contribution in [2.75, 3.05) is 37.7 Å². The molecular weight excluding hydrogens is 486 g/mol. The van der Waals surface area contributed by atoms with Gasteiger partial charge in [-0.05, 0) is 31.6 Å². The van der Waals surface area contributed by atoms with Crippen molar-refractivity contribution in [1.29, 1.82) is 0 Å². The average molecular weight is 517 g/mol. The lowest BCUT2D eigenvalue weighted by Crippen LogP contribution is -2.34. The minimum absolute atomic E-state index is 0.0378. The Hall–Kier alpha value is -3.67. The molecule has 1 aliphatic heterocycles. The number of nitrogens with one attached hydrogen (secondary N) is 1. The summed E-state index contributed by atoms with van der Waals surface area (Å²) < 4.78 is 39.1. The number of carbonyl (C=O) groups excluding carboxylic acids is 1. The molecule has 1 saturated heterocycles. The van der Waals surface area contributed by atoms with E-state index in [1.54, 1.807) is 12.4 Å². The number of hydrogen-bond acceptors (Lipinski definition) is 9. The molecule has 198 valence electrons. The van der Waals surface area contributed by atoms with Crippen molar-refractivity contribution in [1.82, 2.24) is 25.4 Å². The number of amides is 1. The van der Waals surface area contributed by atoms with Crippen LogP contribution >= 0.6 is 0 Å². The van der Waals surface area contributed by atoms with Crippen molar-refractivity contribution in [2.45, 2.75) is 39.0 Å². The number of rotatable bonds is 11. The molecule has 0 atom stereocenters. The maximum atomic E-state index is 14.2. The number of carbonyl (C=O) groups is 1. The monoisotopic (exact) mass is 516 g/mol. The second kappa shape index (κ2) is 12.5. The topological polar surface area (TPSA) is 126 Å². The fraction of sp³-hybridized carbons (Fsp3) is 0.480.